The molecule has 0 fully saturated rings. The molecule has 2 aliphatic rings. The smallest absolute Gasteiger partial charge is 0.271 e. The molecule has 31 heavy (non-hydrogen) atoms. The summed E-state index contributed by atoms with van der Waals surface area (Å²) in [6.07, 6.45) is 2.43. The summed E-state index contributed by atoms with van der Waals surface area (Å²) in [7, 11) is 1.90. The second-order valence-electron chi connectivity index (χ2n) is 8.09. The van der Waals surface area contributed by atoms with E-state index < -0.39 is 11.6 Å². The number of halogens is 2. The summed E-state index contributed by atoms with van der Waals surface area (Å²) in [6, 6.07) is 11.5. The summed E-state index contributed by atoms with van der Waals surface area (Å²) < 4.78 is 34.7. The lowest BCUT2D eigenvalue weighted by Gasteiger charge is -2.33. The average molecular weight is 424 g/mol. The Bertz CT molecular complexity index is 1150. The molecular weight excluding hydrogens is 402 g/mol. The third kappa shape index (κ3) is 3.79. The van der Waals surface area contributed by atoms with Crippen LogP contribution >= 0.6 is 0 Å². The van der Waals surface area contributed by atoms with E-state index in [-0.39, 0.29) is 18.0 Å². The number of nitrogens with zero attached hydrogens (tertiary/aromatic N) is 3. The molecule has 5 rings (SSSR count). The second-order valence-corrected chi connectivity index (χ2v) is 8.09. The molecular formula is C23H22F2N4O2. The molecule has 3 aromatic rings. The first-order chi connectivity index (χ1) is 15.0. The van der Waals surface area contributed by atoms with E-state index in [1.54, 1.807) is 12.3 Å². The fraction of sp³-hybridized carbons (Fsp3) is 0.304. The first-order valence-corrected chi connectivity index (χ1v) is 10.2. The van der Waals surface area contributed by atoms with Crippen LogP contribution in [0.3, 0.4) is 0 Å². The summed E-state index contributed by atoms with van der Waals surface area (Å²) in [4.78, 5) is 19.3. The third-order valence-corrected chi connectivity index (χ3v) is 5.93. The highest BCUT2D eigenvalue weighted by atomic mass is 19.2. The summed E-state index contributed by atoms with van der Waals surface area (Å²) in [5, 5.41) is 3.01. The Morgan fingerprint density at radius 1 is 1.19 bits per heavy atom. The van der Waals surface area contributed by atoms with E-state index in [1.807, 2.05) is 40.8 Å². The maximum atomic E-state index is 13.7. The van der Waals surface area contributed by atoms with Crippen molar-refractivity contribution in [2.45, 2.75) is 31.6 Å². The Hall–Kier alpha value is -3.26. The molecule has 2 atom stereocenters. The maximum Gasteiger partial charge on any atom is 0.271 e. The summed E-state index contributed by atoms with van der Waals surface area (Å²) in [6.45, 7) is 1.41. The predicted octanol–water partition coefficient (Wildman–Crippen LogP) is 3.08. The number of imidazole rings is 1. The number of nitrogens with one attached hydrogen (secondary N) is 1. The van der Waals surface area contributed by atoms with Crippen LogP contribution in [-0.4, -0.2) is 40.1 Å². The molecule has 2 aromatic carbocycles. The summed E-state index contributed by atoms with van der Waals surface area (Å²) >= 11 is 0. The van der Waals surface area contributed by atoms with E-state index in [1.165, 1.54) is 6.07 Å². The van der Waals surface area contributed by atoms with Crippen LogP contribution in [0.2, 0.25) is 0 Å². The minimum atomic E-state index is -0.862. The minimum absolute atomic E-state index is 0.126. The molecule has 0 bridgehead atoms. The van der Waals surface area contributed by atoms with Gasteiger partial charge in [0.25, 0.3) is 5.91 Å². The molecule has 2 aliphatic heterocycles. The normalized spacial score (nSPS) is 20.5. The van der Waals surface area contributed by atoms with Gasteiger partial charge in [-0.25, -0.2) is 13.8 Å². The summed E-state index contributed by atoms with van der Waals surface area (Å²) in [5.41, 5.74) is 2.09. The maximum absolute atomic E-state index is 13.7. The number of amides is 1. The largest absolute Gasteiger partial charge is 0.491 e. The van der Waals surface area contributed by atoms with Gasteiger partial charge in [-0.1, -0.05) is 24.3 Å². The number of rotatable bonds is 3. The van der Waals surface area contributed by atoms with Crippen molar-refractivity contribution in [1.82, 2.24) is 19.8 Å². The lowest BCUT2D eigenvalue weighted by molar-refractivity contribution is 0.0910. The summed E-state index contributed by atoms with van der Waals surface area (Å²) in [5.74, 6) is -0.354. The molecule has 0 saturated heterocycles. The minimum Gasteiger partial charge on any atom is -0.491 e. The number of para-hydroxylation sites is 1. The van der Waals surface area contributed by atoms with Crippen molar-refractivity contribution in [3.8, 4) is 5.75 Å². The molecule has 160 valence electrons. The molecule has 3 heterocycles. The van der Waals surface area contributed by atoms with Crippen molar-refractivity contribution in [2.75, 3.05) is 13.7 Å². The SMILES string of the molecule is CN1Cc2nc(C(=O)N[C@H]3COc4ccccc4C3)cn2CC1c1ccc(F)c(F)c1. The van der Waals surface area contributed by atoms with Gasteiger partial charge in [0.05, 0.1) is 18.6 Å². The zero-order chi connectivity index (χ0) is 21.5. The van der Waals surface area contributed by atoms with Gasteiger partial charge in [-0.05, 0) is 42.8 Å². The Balaban J connectivity index is 1.30. The zero-order valence-electron chi connectivity index (χ0n) is 17.0. The number of carbonyl (C=O) groups excluding carboxylic acids is 1. The number of carbonyl (C=O) groups is 1. The van der Waals surface area contributed by atoms with Crippen LogP contribution in [-0.2, 0) is 19.5 Å². The lowest BCUT2D eigenvalue weighted by atomic mass is 10.0. The number of ether oxygens (including phenoxy) is 1. The number of benzene rings is 2. The van der Waals surface area contributed by atoms with Gasteiger partial charge in [-0.15, -0.1) is 0 Å². The number of fused-ring (bicyclic) bond motifs is 2. The Morgan fingerprint density at radius 3 is 2.87 bits per heavy atom. The van der Waals surface area contributed by atoms with Gasteiger partial charge in [-0.2, -0.15) is 0 Å². The third-order valence-electron chi connectivity index (χ3n) is 5.93. The van der Waals surface area contributed by atoms with Crippen molar-refractivity contribution < 1.29 is 18.3 Å². The highest BCUT2D eigenvalue weighted by Gasteiger charge is 2.29. The molecule has 0 saturated carbocycles. The van der Waals surface area contributed by atoms with Gasteiger partial charge in [0, 0.05) is 12.7 Å². The highest BCUT2D eigenvalue weighted by Crippen LogP contribution is 2.29. The molecule has 0 spiro atoms. The number of hydrogen-bond donors (Lipinski definition) is 1. The van der Waals surface area contributed by atoms with Crippen LogP contribution in [0.4, 0.5) is 8.78 Å². The monoisotopic (exact) mass is 424 g/mol. The van der Waals surface area contributed by atoms with E-state index in [0.717, 1.165) is 23.2 Å². The molecule has 0 aliphatic carbocycles. The predicted molar refractivity (Wildman–Crippen MR) is 110 cm³/mol. The number of aromatic nitrogens is 2. The topological polar surface area (TPSA) is 59.4 Å². The van der Waals surface area contributed by atoms with Crippen LogP contribution in [0, 0.1) is 11.6 Å². The lowest BCUT2D eigenvalue weighted by Crippen LogP contribution is -2.42. The van der Waals surface area contributed by atoms with Crippen LogP contribution in [0.1, 0.15) is 33.5 Å². The fourth-order valence-electron chi connectivity index (χ4n) is 4.27. The quantitative estimate of drug-likeness (QED) is 0.702. The molecule has 0 radical (unpaired) electrons. The molecule has 1 aromatic heterocycles. The van der Waals surface area contributed by atoms with Gasteiger partial charge in [0.15, 0.2) is 11.6 Å². The molecule has 1 amide bonds. The Labute approximate surface area is 178 Å². The van der Waals surface area contributed by atoms with Gasteiger partial charge >= 0.3 is 0 Å². The Morgan fingerprint density at radius 2 is 2.03 bits per heavy atom. The van der Waals surface area contributed by atoms with E-state index >= 15 is 0 Å². The average Bonchev–Trinajstić information content (AvgIpc) is 3.18. The molecule has 6 nitrogen and oxygen atoms in total. The standard InChI is InChI=1S/C23H22F2N4O2/c1-28-12-22-27-19(10-29(22)11-20(28)14-6-7-17(24)18(25)9-14)23(30)26-16-8-15-4-2-3-5-21(15)31-13-16/h2-7,9-10,16,20H,8,11-13H2,1H3,(H,26,30)/t16-,20?/m1/s1. The Kier molecular flexibility index (Phi) is 4.94. The first-order valence-electron chi connectivity index (χ1n) is 10.2. The van der Waals surface area contributed by atoms with E-state index in [0.29, 0.717) is 37.4 Å². The van der Waals surface area contributed by atoms with Gasteiger partial charge in [0.1, 0.15) is 23.9 Å². The second kappa shape index (κ2) is 7.77. The number of hydrogen-bond acceptors (Lipinski definition) is 4. The van der Waals surface area contributed by atoms with Crippen LogP contribution in [0.25, 0.3) is 0 Å². The van der Waals surface area contributed by atoms with E-state index in [9.17, 15) is 13.6 Å². The van der Waals surface area contributed by atoms with Gasteiger partial charge in [-0.3, -0.25) is 9.69 Å². The van der Waals surface area contributed by atoms with Gasteiger partial charge < -0.3 is 14.6 Å². The zero-order valence-corrected chi connectivity index (χ0v) is 17.0. The van der Waals surface area contributed by atoms with E-state index in [4.69, 9.17) is 4.74 Å². The number of likely N-dealkylation sites (N-methyl/N-ethyl adjacent to an activating group) is 1. The van der Waals surface area contributed by atoms with Gasteiger partial charge in [0.2, 0.25) is 0 Å². The molecule has 8 heteroatoms. The van der Waals surface area contributed by atoms with E-state index in [2.05, 4.69) is 10.3 Å². The first kappa shape index (κ1) is 19.7. The van der Waals surface area contributed by atoms with Crippen molar-refractivity contribution >= 4 is 5.91 Å². The fourth-order valence-corrected chi connectivity index (χ4v) is 4.27. The van der Waals surface area contributed by atoms with Crippen LogP contribution in [0.15, 0.2) is 48.7 Å². The van der Waals surface area contributed by atoms with Crippen molar-refractivity contribution in [2.24, 2.45) is 0 Å². The highest BCUT2D eigenvalue weighted by molar-refractivity contribution is 5.92. The molecule has 1 unspecified atom stereocenters. The molecule has 1 N–H and O–H groups in total. The van der Waals surface area contributed by atoms with Crippen molar-refractivity contribution in [3.05, 3.63) is 82.9 Å². The van der Waals surface area contributed by atoms with Crippen LogP contribution < -0.4 is 10.1 Å². The van der Waals surface area contributed by atoms with Crippen LogP contribution in [0.5, 0.6) is 5.75 Å². The van der Waals surface area contributed by atoms with Crippen molar-refractivity contribution in [3.63, 3.8) is 0 Å². The van der Waals surface area contributed by atoms with Crippen molar-refractivity contribution in [1.29, 1.82) is 0 Å².